The van der Waals surface area contributed by atoms with Crippen LogP contribution < -0.4 is 9.64 Å². The van der Waals surface area contributed by atoms with Gasteiger partial charge in [0.25, 0.3) is 11.7 Å². The molecule has 0 aliphatic carbocycles. The Bertz CT molecular complexity index is 1460. The summed E-state index contributed by atoms with van der Waals surface area (Å²) in [6.45, 7) is 5.95. The number of fused-ring (bicyclic) bond motifs is 1. The highest BCUT2D eigenvalue weighted by atomic mass is 16.5. The maximum absolute atomic E-state index is 13.4. The fraction of sp³-hybridized carbons (Fsp3) is 0.200. The minimum Gasteiger partial charge on any atom is -0.507 e. The van der Waals surface area contributed by atoms with E-state index < -0.39 is 17.7 Å². The number of rotatable bonds is 6. The van der Waals surface area contributed by atoms with E-state index >= 15 is 0 Å². The van der Waals surface area contributed by atoms with Gasteiger partial charge in [0.05, 0.1) is 17.7 Å². The first-order valence-electron chi connectivity index (χ1n) is 12.1. The predicted molar refractivity (Wildman–Crippen MR) is 141 cm³/mol. The summed E-state index contributed by atoms with van der Waals surface area (Å²) >= 11 is 0. The summed E-state index contributed by atoms with van der Waals surface area (Å²) in [7, 11) is 0. The molecule has 1 unspecified atom stereocenters. The number of amides is 1. The van der Waals surface area contributed by atoms with Gasteiger partial charge in [0.1, 0.15) is 11.5 Å². The third kappa shape index (κ3) is 4.05. The van der Waals surface area contributed by atoms with E-state index in [0.29, 0.717) is 17.0 Å². The zero-order valence-corrected chi connectivity index (χ0v) is 20.5. The number of para-hydroxylation sites is 1. The number of ketones is 1. The second kappa shape index (κ2) is 9.38. The van der Waals surface area contributed by atoms with Gasteiger partial charge < -0.3 is 14.8 Å². The molecule has 6 heteroatoms. The lowest BCUT2D eigenvalue weighted by molar-refractivity contribution is -0.132. The highest BCUT2D eigenvalue weighted by Gasteiger charge is 2.47. The quantitative estimate of drug-likeness (QED) is 0.197. The van der Waals surface area contributed by atoms with Crippen molar-refractivity contribution in [1.82, 2.24) is 4.98 Å². The molecule has 5 rings (SSSR count). The Hall–Kier alpha value is -4.32. The Labute approximate surface area is 209 Å². The number of benzene rings is 3. The van der Waals surface area contributed by atoms with Crippen molar-refractivity contribution in [2.45, 2.75) is 39.3 Å². The van der Waals surface area contributed by atoms with Crippen LogP contribution in [0.1, 0.15) is 43.5 Å². The highest BCUT2D eigenvalue weighted by Crippen LogP contribution is 2.43. The average Bonchev–Trinajstić information content (AvgIpc) is 3.43. The van der Waals surface area contributed by atoms with Crippen LogP contribution in [0, 0.1) is 0 Å². The van der Waals surface area contributed by atoms with Crippen molar-refractivity contribution in [3.05, 3.63) is 101 Å². The highest BCUT2D eigenvalue weighted by molar-refractivity contribution is 6.51. The molecule has 1 amide bonds. The second-order valence-electron chi connectivity index (χ2n) is 9.17. The van der Waals surface area contributed by atoms with Crippen LogP contribution in [0.2, 0.25) is 0 Å². The number of ether oxygens (including phenoxy) is 1. The third-order valence-corrected chi connectivity index (χ3v) is 6.48. The fourth-order valence-electron chi connectivity index (χ4n) is 4.72. The summed E-state index contributed by atoms with van der Waals surface area (Å²) in [6.07, 6.45) is 2.55. The number of hydrogen-bond acceptors (Lipinski definition) is 4. The number of nitrogens with zero attached hydrogens (tertiary/aromatic N) is 1. The third-order valence-electron chi connectivity index (χ3n) is 6.48. The van der Waals surface area contributed by atoms with Crippen LogP contribution in [-0.4, -0.2) is 27.9 Å². The molecule has 0 bridgehead atoms. The van der Waals surface area contributed by atoms with Gasteiger partial charge in [-0.2, -0.15) is 0 Å². The number of aromatic nitrogens is 1. The van der Waals surface area contributed by atoms with E-state index in [-0.39, 0.29) is 17.4 Å². The van der Waals surface area contributed by atoms with Crippen LogP contribution in [0.25, 0.3) is 16.7 Å². The summed E-state index contributed by atoms with van der Waals surface area (Å²) in [6, 6.07) is 21.7. The number of anilines is 1. The molecule has 0 spiro atoms. The number of nitrogens with one attached hydrogen (secondary N) is 1. The van der Waals surface area contributed by atoms with Crippen molar-refractivity contribution in [2.75, 3.05) is 4.90 Å². The van der Waals surface area contributed by atoms with E-state index in [1.165, 1.54) is 4.90 Å². The molecule has 1 fully saturated rings. The second-order valence-corrected chi connectivity index (χ2v) is 9.17. The first-order valence-corrected chi connectivity index (χ1v) is 12.1. The van der Waals surface area contributed by atoms with E-state index in [9.17, 15) is 14.7 Å². The molecule has 182 valence electrons. The molecule has 6 nitrogen and oxygen atoms in total. The molecule has 0 radical (unpaired) electrons. The normalized spacial score (nSPS) is 17.3. The van der Waals surface area contributed by atoms with Crippen LogP contribution in [0.5, 0.6) is 5.75 Å². The molecular formula is C30H28N2O4. The number of carbonyl (C=O) groups excluding carboxylic acids is 2. The summed E-state index contributed by atoms with van der Waals surface area (Å²) in [5.41, 5.74) is 3.82. The standard InChI is InChI=1S/C30H28N2O4/c1-4-19-9-11-20(12-10-19)27-26(28(33)24-17-31-25-8-6-5-7-23(24)25)29(34)30(35)32(27)21-13-15-22(16-14-21)36-18(2)3/h5-18,27,31,33H,4H2,1-3H3/b28-26-. The van der Waals surface area contributed by atoms with E-state index in [1.54, 1.807) is 30.5 Å². The van der Waals surface area contributed by atoms with Crippen LogP contribution in [0.15, 0.2) is 84.6 Å². The average molecular weight is 481 g/mol. The first kappa shape index (κ1) is 23.4. The van der Waals surface area contributed by atoms with Crippen molar-refractivity contribution >= 4 is 34.0 Å². The summed E-state index contributed by atoms with van der Waals surface area (Å²) in [5.74, 6) is -0.922. The number of Topliss-reactive ketones (excluding diaryl/α,β-unsaturated/α-hetero) is 1. The molecule has 1 aliphatic heterocycles. The Balaban J connectivity index is 1.67. The predicted octanol–water partition coefficient (Wildman–Crippen LogP) is 6.14. The van der Waals surface area contributed by atoms with Crippen molar-refractivity contribution in [3.8, 4) is 5.75 Å². The largest absolute Gasteiger partial charge is 0.507 e. The molecule has 1 atom stereocenters. The fourth-order valence-corrected chi connectivity index (χ4v) is 4.72. The summed E-state index contributed by atoms with van der Waals surface area (Å²) in [4.78, 5) is 31.4. The van der Waals surface area contributed by atoms with Gasteiger partial charge in [0.15, 0.2) is 0 Å². The molecule has 1 aliphatic rings. The molecule has 2 N–H and O–H groups in total. The molecule has 1 saturated heterocycles. The molecule has 3 aromatic carbocycles. The zero-order chi connectivity index (χ0) is 25.4. The minimum atomic E-state index is -0.776. The summed E-state index contributed by atoms with van der Waals surface area (Å²) in [5, 5.41) is 12.3. The van der Waals surface area contributed by atoms with Gasteiger partial charge in [-0.25, -0.2) is 0 Å². The number of aliphatic hydroxyl groups excluding tert-OH is 1. The monoisotopic (exact) mass is 480 g/mol. The Morgan fingerprint density at radius 1 is 1.00 bits per heavy atom. The van der Waals surface area contributed by atoms with Crippen molar-refractivity contribution in [1.29, 1.82) is 0 Å². The summed E-state index contributed by atoms with van der Waals surface area (Å²) < 4.78 is 5.74. The maximum atomic E-state index is 13.4. The van der Waals surface area contributed by atoms with Crippen LogP contribution in [0.3, 0.4) is 0 Å². The smallest absolute Gasteiger partial charge is 0.300 e. The number of hydrogen-bond donors (Lipinski definition) is 2. The number of aryl methyl sites for hydroxylation is 1. The number of aromatic amines is 1. The molecule has 4 aromatic rings. The van der Waals surface area contributed by atoms with Crippen LogP contribution >= 0.6 is 0 Å². The van der Waals surface area contributed by atoms with Crippen molar-refractivity contribution in [3.63, 3.8) is 0 Å². The van der Waals surface area contributed by atoms with Gasteiger partial charge in [-0.05, 0) is 61.7 Å². The molecule has 36 heavy (non-hydrogen) atoms. The van der Waals surface area contributed by atoms with E-state index in [0.717, 1.165) is 28.5 Å². The lowest BCUT2D eigenvalue weighted by Gasteiger charge is -2.26. The number of carbonyl (C=O) groups is 2. The first-order chi connectivity index (χ1) is 17.4. The van der Waals surface area contributed by atoms with Crippen LogP contribution in [-0.2, 0) is 16.0 Å². The van der Waals surface area contributed by atoms with Gasteiger partial charge in [0, 0.05) is 28.4 Å². The lowest BCUT2D eigenvalue weighted by Crippen LogP contribution is -2.29. The van der Waals surface area contributed by atoms with Gasteiger partial charge in [0.2, 0.25) is 0 Å². The molecule has 2 heterocycles. The van der Waals surface area contributed by atoms with Crippen LogP contribution in [0.4, 0.5) is 5.69 Å². The Morgan fingerprint density at radius 3 is 2.36 bits per heavy atom. The Morgan fingerprint density at radius 2 is 1.69 bits per heavy atom. The van der Waals surface area contributed by atoms with Gasteiger partial charge in [-0.3, -0.25) is 14.5 Å². The van der Waals surface area contributed by atoms with E-state index in [4.69, 9.17) is 4.74 Å². The maximum Gasteiger partial charge on any atom is 0.300 e. The van der Waals surface area contributed by atoms with Gasteiger partial charge in [-0.15, -0.1) is 0 Å². The minimum absolute atomic E-state index is 0.0123. The SMILES string of the molecule is CCc1ccc(C2/C(=C(/O)c3c[nH]c4ccccc34)C(=O)C(=O)N2c2ccc(OC(C)C)cc2)cc1. The van der Waals surface area contributed by atoms with E-state index in [1.807, 2.05) is 62.4 Å². The molecule has 1 aromatic heterocycles. The van der Waals surface area contributed by atoms with Gasteiger partial charge >= 0.3 is 0 Å². The lowest BCUT2D eigenvalue weighted by atomic mass is 9.94. The molecular weight excluding hydrogens is 452 g/mol. The topological polar surface area (TPSA) is 82.6 Å². The number of H-pyrrole nitrogens is 1. The molecule has 0 saturated carbocycles. The Kier molecular flexibility index (Phi) is 6.10. The number of aliphatic hydroxyl groups is 1. The van der Waals surface area contributed by atoms with E-state index in [2.05, 4.69) is 11.9 Å². The van der Waals surface area contributed by atoms with Gasteiger partial charge in [-0.1, -0.05) is 49.4 Å². The van der Waals surface area contributed by atoms with Crippen molar-refractivity contribution in [2.24, 2.45) is 0 Å². The van der Waals surface area contributed by atoms with Crippen molar-refractivity contribution < 1.29 is 19.4 Å². The zero-order valence-electron chi connectivity index (χ0n) is 20.5.